The van der Waals surface area contributed by atoms with Crippen LogP contribution in [-0.2, 0) is 12.8 Å². The van der Waals surface area contributed by atoms with Crippen molar-refractivity contribution in [3.05, 3.63) is 94.5 Å². The summed E-state index contributed by atoms with van der Waals surface area (Å²) in [6.07, 6.45) is 2.05. The van der Waals surface area contributed by atoms with Gasteiger partial charge < -0.3 is 9.80 Å². The Labute approximate surface area is 176 Å². The van der Waals surface area contributed by atoms with Gasteiger partial charge in [0.05, 0.1) is 0 Å². The van der Waals surface area contributed by atoms with Crippen LogP contribution >= 0.6 is 0 Å². The fraction of sp³-hybridized carbons (Fsp3) is 0.333. The minimum atomic E-state index is 0.244. The zero-order valence-electron chi connectivity index (χ0n) is 18.7. The second-order valence-electron chi connectivity index (χ2n) is 8.11. The van der Waals surface area contributed by atoms with E-state index in [-0.39, 0.29) is 5.92 Å². The summed E-state index contributed by atoms with van der Waals surface area (Å²) in [6, 6.07) is 24.8. The first-order valence-corrected chi connectivity index (χ1v) is 10.6. The van der Waals surface area contributed by atoms with Crippen molar-refractivity contribution < 1.29 is 0 Å². The minimum absolute atomic E-state index is 0.244. The Morgan fingerprint density at radius 2 is 1.07 bits per heavy atom. The molecule has 0 N–H and O–H groups in total. The van der Waals surface area contributed by atoms with Gasteiger partial charge in [0.25, 0.3) is 0 Å². The summed E-state index contributed by atoms with van der Waals surface area (Å²) in [7, 11) is 8.44. The highest BCUT2D eigenvalue weighted by Gasteiger charge is 2.22. The van der Waals surface area contributed by atoms with Crippen LogP contribution in [0.3, 0.4) is 0 Å². The summed E-state index contributed by atoms with van der Waals surface area (Å²) in [6.45, 7) is 4.52. The number of rotatable bonds is 7. The lowest BCUT2D eigenvalue weighted by atomic mass is 9.79. The standard InChI is InChI=1S/C27H34N2/c1-7-20-18-23(28(3)4)14-16-25(20)27(22-12-10-9-11-13-22)26-17-15-24(29(5)6)19-21(26)8-2/h9-19,27H,7-8H2,1-6H3. The van der Waals surface area contributed by atoms with Gasteiger partial charge in [0.1, 0.15) is 0 Å². The van der Waals surface area contributed by atoms with Crippen LogP contribution in [0.25, 0.3) is 0 Å². The predicted octanol–water partition coefficient (Wildman–Crippen LogP) is 6.12. The number of hydrogen-bond donors (Lipinski definition) is 0. The van der Waals surface area contributed by atoms with Gasteiger partial charge in [0.15, 0.2) is 0 Å². The Kier molecular flexibility index (Phi) is 6.64. The molecule has 0 radical (unpaired) electrons. The Hall–Kier alpha value is -2.74. The topological polar surface area (TPSA) is 6.48 Å². The molecule has 0 aromatic heterocycles. The minimum Gasteiger partial charge on any atom is -0.378 e. The van der Waals surface area contributed by atoms with E-state index in [1.54, 1.807) is 0 Å². The normalized spacial score (nSPS) is 11.0. The molecule has 3 aromatic rings. The molecule has 0 amide bonds. The molecule has 0 spiro atoms. The summed E-state index contributed by atoms with van der Waals surface area (Å²) < 4.78 is 0. The number of hydrogen-bond acceptors (Lipinski definition) is 2. The molecule has 0 bridgehead atoms. The van der Waals surface area contributed by atoms with Crippen molar-refractivity contribution in [1.82, 2.24) is 0 Å². The molecule has 0 atom stereocenters. The maximum atomic E-state index is 2.35. The van der Waals surface area contributed by atoms with Crippen molar-refractivity contribution in [2.75, 3.05) is 38.0 Å². The highest BCUT2D eigenvalue weighted by atomic mass is 15.1. The highest BCUT2D eigenvalue weighted by molar-refractivity contribution is 5.58. The van der Waals surface area contributed by atoms with Gasteiger partial charge in [-0.2, -0.15) is 0 Å². The predicted molar refractivity (Wildman–Crippen MR) is 128 cm³/mol. The van der Waals surface area contributed by atoms with Gasteiger partial charge in [-0.05, 0) is 64.9 Å². The van der Waals surface area contributed by atoms with Gasteiger partial charge in [-0.3, -0.25) is 0 Å². The monoisotopic (exact) mass is 386 g/mol. The number of anilines is 2. The van der Waals surface area contributed by atoms with E-state index < -0.39 is 0 Å². The third kappa shape index (κ3) is 4.48. The van der Waals surface area contributed by atoms with Crippen LogP contribution in [0.4, 0.5) is 11.4 Å². The molecule has 0 saturated heterocycles. The summed E-state index contributed by atoms with van der Waals surface area (Å²) in [4.78, 5) is 4.37. The van der Waals surface area contributed by atoms with Gasteiger partial charge in [0.2, 0.25) is 0 Å². The first-order valence-electron chi connectivity index (χ1n) is 10.6. The first kappa shape index (κ1) is 21.0. The molecule has 0 saturated carbocycles. The van der Waals surface area contributed by atoms with Crippen molar-refractivity contribution >= 4 is 11.4 Å². The van der Waals surface area contributed by atoms with Gasteiger partial charge in [-0.15, -0.1) is 0 Å². The summed E-state index contributed by atoms with van der Waals surface area (Å²) in [5, 5.41) is 0. The first-order chi connectivity index (χ1) is 14.0. The van der Waals surface area contributed by atoms with E-state index in [1.807, 2.05) is 0 Å². The molecule has 0 aliphatic heterocycles. The molecule has 0 fully saturated rings. The maximum absolute atomic E-state index is 2.35. The zero-order chi connectivity index (χ0) is 21.0. The molecule has 2 heteroatoms. The Morgan fingerprint density at radius 1 is 0.621 bits per heavy atom. The second kappa shape index (κ2) is 9.17. The van der Waals surface area contributed by atoms with Gasteiger partial charge in [-0.1, -0.05) is 56.3 Å². The molecular formula is C27H34N2. The average molecular weight is 387 g/mol. The number of nitrogens with zero attached hydrogens (tertiary/aromatic N) is 2. The fourth-order valence-electron chi connectivity index (χ4n) is 4.09. The number of aryl methyl sites for hydroxylation is 2. The van der Waals surface area contributed by atoms with Crippen molar-refractivity contribution in [3.8, 4) is 0 Å². The molecule has 29 heavy (non-hydrogen) atoms. The molecule has 2 nitrogen and oxygen atoms in total. The molecule has 0 aliphatic carbocycles. The van der Waals surface area contributed by atoms with Gasteiger partial charge >= 0.3 is 0 Å². The quantitative estimate of drug-likeness (QED) is 0.451. The highest BCUT2D eigenvalue weighted by Crippen LogP contribution is 2.38. The van der Waals surface area contributed by atoms with Crippen LogP contribution in [-0.4, -0.2) is 28.2 Å². The summed E-state index contributed by atoms with van der Waals surface area (Å²) >= 11 is 0. The smallest absolute Gasteiger partial charge is 0.0363 e. The van der Waals surface area contributed by atoms with E-state index in [1.165, 1.54) is 39.2 Å². The van der Waals surface area contributed by atoms with E-state index in [2.05, 4.69) is 119 Å². The van der Waals surface area contributed by atoms with Crippen molar-refractivity contribution in [1.29, 1.82) is 0 Å². The van der Waals surface area contributed by atoms with Gasteiger partial charge in [-0.25, -0.2) is 0 Å². The Bertz CT molecular complexity index is 883. The van der Waals surface area contributed by atoms with Crippen LogP contribution in [0.2, 0.25) is 0 Å². The number of benzene rings is 3. The van der Waals surface area contributed by atoms with Crippen LogP contribution in [0.15, 0.2) is 66.7 Å². The van der Waals surface area contributed by atoms with E-state index in [4.69, 9.17) is 0 Å². The second-order valence-corrected chi connectivity index (χ2v) is 8.11. The van der Waals surface area contributed by atoms with E-state index >= 15 is 0 Å². The third-order valence-corrected chi connectivity index (χ3v) is 5.80. The average Bonchev–Trinajstić information content (AvgIpc) is 2.74. The van der Waals surface area contributed by atoms with Gasteiger partial charge in [0, 0.05) is 45.5 Å². The van der Waals surface area contributed by atoms with Crippen LogP contribution in [0, 0.1) is 0 Å². The Balaban J connectivity index is 2.23. The van der Waals surface area contributed by atoms with Crippen molar-refractivity contribution in [2.45, 2.75) is 32.6 Å². The van der Waals surface area contributed by atoms with E-state index in [0.717, 1.165) is 12.8 Å². The lowest BCUT2D eigenvalue weighted by molar-refractivity contribution is 0.909. The lowest BCUT2D eigenvalue weighted by Crippen LogP contribution is -2.13. The lowest BCUT2D eigenvalue weighted by Gasteiger charge is -2.26. The molecule has 3 rings (SSSR count). The fourth-order valence-corrected chi connectivity index (χ4v) is 4.09. The van der Waals surface area contributed by atoms with Crippen LogP contribution in [0.5, 0.6) is 0 Å². The van der Waals surface area contributed by atoms with Crippen LogP contribution in [0.1, 0.15) is 47.6 Å². The van der Waals surface area contributed by atoms with E-state index in [0.29, 0.717) is 0 Å². The molecular weight excluding hydrogens is 352 g/mol. The molecule has 0 aliphatic rings. The molecule has 3 aromatic carbocycles. The summed E-state index contributed by atoms with van der Waals surface area (Å²) in [5.41, 5.74) is 9.54. The zero-order valence-corrected chi connectivity index (χ0v) is 18.7. The molecule has 0 unspecified atom stereocenters. The van der Waals surface area contributed by atoms with Crippen molar-refractivity contribution in [2.24, 2.45) is 0 Å². The SMILES string of the molecule is CCc1cc(N(C)C)ccc1C(c1ccccc1)c1ccc(N(C)C)cc1CC. The molecule has 0 heterocycles. The van der Waals surface area contributed by atoms with E-state index in [9.17, 15) is 0 Å². The largest absolute Gasteiger partial charge is 0.378 e. The maximum Gasteiger partial charge on any atom is 0.0363 e. The van der Waals surface area contributed by atoms with Crippen LogP contribution < -0.4 is 9.80 Å². The third-order valence-electron chi connectivity index (χ3n) is 5.80. The van der Waals surface area contributed by atoms with Crippen molar-refractivity contribution in [3.63, 3.8) is 0 Å². The molecule has 152 valence electrons. The Morgan fingerprint density at radius 3 is 1.45 bits per heavy atom. The summed E-state index contributed by atoms with van der Waals surface area (Å²) in [5.74, 6) is 0.244.